The van der Waals surface area contributed by atoms with E-state index in [0.717, 1.165) is 19.3 Å². The molecule has 1 aromatic rings. The Morgan fingerprint density at radius 3 is 2.89 bits per heavy atom. The van der Waals surface area contributed by atoms with Crippen LogP contribution in [0.3, 0.4) is 0 Å². The van der Waals surface area contributed by atoms with Crippen LogP contribution in [0.2, 0.25) is 0 Å². The number of pyridine rings is 1. The molecule has 6 heteroatoms. The van der Waals surface area contributed by atoms with E-state index in [9.17, 15) is 9.59 Å². The van der Waals surface area contributed by atoms with Crippen LogP contribution in [0.1, 0.15) is 29.6 Å². The number of nitrogens with two attached hydrogens (primary N) is 1. The van der Waals surface area contributed by atoms with Crippen LogP contribution in [-0.4, -0.2) is 28.5 Å². The SMILES string of the molecule is NCC1CCCC1C(=O)Nc1cncc(C(=O)O)c1. The summed E-state index contributed by atoms with van der Waals surface area (Å²) in [5, 5.41) is 11.6. The minimum absolute atomic E-state index is 0.0552. The van der Waals surface area contributed by atoms with Crippen LogP contribution in [0.15, 0.2) is 18.5 Å². The summed E-state index contributed by atoms with van der Waals surface area (Å²) in [5.41, 5.74) is 6.11. The van der Waals surface area contributed by atoms with Gasteiger partial charge in [-0.1, -0.05) is 6.42 Å². The van der Waals surface area contributed by atoms with Gasteiger partial charge in [0.05, 0.1) is 17.4 Å². The average Bonchev–Trinajstić information content (AvgIpc) is 2.87. The summed E-state index contributed by atoms with van der Waals surface area (Å²) < 4.78 is 0. The van der Waals surface area contributed by atoms with Gasteiger partial charge in [0.1, 0.15) is 0 Å². The highest BCUT2D eigenvalue weighted by molar-refractivity contribution is 5.94. The lowest BCUT2D eigenvalue weighted by Crippen LogP contribution is -2.29. The Morgan fingerprint density at radius 2 is 2.21 bits per heavy atom. The Kier molecular flexibility index (Phi) is 4.11. The molecule has 0 aromatic carbocycles. The van der Waals surface area contributed by atoms with Crippen LogP contribution in [0, 0.1) is 11.8 Å². The molecule has 4 N–H and O–H groups in total. The Labute approximate surface area is 111 Å². The van der Waals surface area contributed by atoms with Crippen LogP contribution in [-0.2, 0) is 4.79 Å². The zero-order valence-corrected chi connectivity index (χ0v) is 10.5. The second kappa shape index (κ2) is 5.79. The highest BCUT2D eigenvalue weighted by Gasteiger charge is 2.31. The highest BCUT2D eigenvalue weighted by atomic mass is 16.4. The Balaban J connectivity index is 2.06. The minimum atomic E-state index is -1.07. The normalized spacial score (nSPS) is 22.2. The fourth-order valence-electron chi connectivity index (χ4n) is 2.52. The summed E-state index contributed by atoms with van der Waals surface area (Å²) in [4.78, 5) is 26.8. The third kappa shape index (κ3) is 3.08. The molecule has 19 heavy (non-hydrogen) atoms. The molecular weight excluding hydrogens is 246 g/mol. The number of hydrogen-bond acceptors (Lipinski definition) is 4. The van der Waals surface area contributed by atoms with Gasteiger partial charge in [-0.2, -0.15) is 0 Å². The van der Waals surface area contributed by atoms with Crippen LogP contribution < -0.4 is 11.1 Å². The van der Waals surface area contributed by atoms with Gasteiger partial charge < -0.3 is 16.2 Å². The number of rotatable bonds is 4. The van der Waals surface area contributed by atoms with Crippen molar-refractivity contribution in [3.63, 3.8) is 0 Å². The number of nitrogens with zero attached hydrogens (tertiary/aromatic N) is 1. The molecule has 1 amide bonds. The first-order chi connectivity index (χ1) is 9.11. The van der Waals surface area contributed by atoms with Gasteiger partial charge in [0.2, 0.25) is 5.91 Å². The first kappa shape index (κ1) is 13.5. The van der Waals surface area contributed by atoms with Crippen molar-refractivity contribution < 1.29 is 14.7 Å². The largest absolute Gasteiger partial charge is 0.478 e. The fraction of sp³-hybridized carbons (Fsp3) is 0.462. The van der Waals surface area contributed by atoms with Crippen LogP contribution in [0.25, 0.3) is 0 Å². The van der Waals surface area contributed by atoms with Gasteiger partial charge in [0, 0.05) is 12.1 Å². The van der Waals surface area contributed by atoms with Crippen molar-refractivity contribution in [1.29, 1.82) is 0 Å². The third-order valence-electron chi connectivity index (χ3n) is 3.55. The second-order valence-corrected chi connectivity index (χ2v) is 4.79. The van der Waals surface area contributed by atoms with Crippen molar-refractivity contribution in [2.45, 2.75) is 19.3 Å². The molecule has 2 rings (SSSR count). The van der Waals surface area contributed by atoms with E-state index >= 15 is 0 Å². The molecule has 6 nitrogen and oxygen atoms in total. The monoisotopic (exact) mass is 263 g/mol. The van der Waals surface area contributed by atoms with E-state index < -0.39 is 5.97 Å². The maximum atomic E-state index is 12.1. The number of aromatic carboxylic acids is 1. The molecule has 1 aliphatic rings. The van der Waals surface area contributed by atoms with Gasteiger partial charge in [-0.15, -0.1) is 0 Å². The summed E-state index contributed by atoms with van der Waals surface area (Å²) >= 11 is 0. The zero-order chi connectivity index (χ0) is 13.8. The lowest BCUT2D eigenvalue weighted by atomic mass is 9.95. The Hall–Kier alpha value is -1.95. The third-order valence-corrected chi connectivity index (χ3v) is 3.55. The first-order valence-corrected chi connectivity index (χ1v) is 6.31. The Morgan fingerprint density at radius 1 is 1.42 bits per heavy atom. The Bertz CT molecular complexity index is 490. The molecule has 2 atom stereocenters. The molecule has 1 aliphatic carbocycles. The van der Waals surface area contributed by atoms with Gasteiger partial charge in [0.25, 0.3) is 0 Å². The molecule has 1 saturated carbocycles. The first-order valence-electron chi connectivity index (χ1n) is 6.31. The van der Waals surface area contributed by atoms with Gasteiger partial charge in [0.15, 0.2) is 0 Å². The lowest BCUT2D eigenvalue weighted by molar-refractivity contribution is -0.120. The number of amides is 1. The standard InChI is InChI=1S/C13H17N3O3/c14-5-8-2-1-3-11(8)12(17)16-10-4-9(13(18)19)6-15-7-10/h4,6-8,11H,1-3,5,14H2,(H,16,17)(H,18,19). The topological polar surface area (TPSA) is 105 Å². The lowest BCUT2D eigenvalue weighted by Gasteiger charge is -2.17. The smallest absolute Gasteiger partial charge is 0.337 e. The number of hydrogen-bond donors (Lipinski definition) is 3. The van der Waals surface area contributed by atoms with E-state index in [4.69, 9.17) is 10.8 Å². The molecule has 0 aliphatic heterocycles. The van der Waals surface area contributed by atoms with Gasteiger partial charge in [-0.05, 0) is 31.4 Å². The van der Waals surface area contributed by atoms with E-state index in [1.54, 1.807) is 0 Å². The number of carbonyl (C=O) groups is 2. The van der Waals surface area contributed by atoms with Gasteiger partial charge in [-0.3, -0.25) is 9.78 Å². The maximum absolute atomic E-state index is 12.1. The molecule has 1 fully saturated rings. The summed E-state index contributed by atoms with van der Waals surface area (Å²) in [7, 11) is 0. The number of carboxylic acid groups (broad SMARTS) is 1. The van der Waals surface area contributed by atoms with E-state index in [1.165, 1.54) is 18.5 Å². The van der Waals surface area contributed by atoms with Crippen molar-refractivity contribution in [1.82, 2.24) is 4.98 Å². The van der Waals surface area contributed by atoms with Crippen LogP contribution in [0.5, 0.6) is 0 Å². The van der Waals surface area contributed by atoms with E-state index in [0.29, 0.717) is 12.2 Å². The van der Waals surface area contributed by atoms with E-state index in [-0.39, 0.29) is 23.3 Å². The van der Waals surface area contributed by atoms with Crippen molar-refractivity contribution >= 4 is 17.6 Å². The number of carbonyl (C=O) groups excluding carboxylic acids is 1. The van der Waals surface area contributed by atoms with Crippen LogP contribution >= 0.6 is 0 Å². The molecule has 102 valence electrons. The molecule has 0 saturated heterocycles. The molecular formula is C13H17N3O3. The number of carboxylic acids is 1. The average molecular weight is 263 g/mol. The molecule has 0 radical (unpaired) electrons. The highest BCUT2D eigenvalue weighted by Crippen LogP contribution is 2.31. The number of anilines is 1. The fourth-order valence-corrected chi connectivity index (χ4v) is 2.52. The van der Waals surface area contributed by atoms with Gasteiger partial charge >= 0.3 is 5.97 Å². The van der Waals surface area contributed by atoms with Gasteiger partial charge in [-0.25, -0.2) is 4.79 Å². The second-order valence-electron chi connectivity index (χ2n) is 4.79. The molecule has 2 unspecified atom stereocenters. The predicted molar refractivity (Wildman–Crippen MR) is 69.7 cm³/mol. The number of nitrogens with one attached hydrogen (secondary N) is 1. The van der Waals surface area contributed by atoms with E-state index in [1.807, 2.05) is 0 Å². The zero-order valence-electron chi connectivity index (χ0n) is 10.5. The molecule has 0 bridgehead atoms. The van der Waals surface area contributed by atoms with Crippen molar-refractivity contribution in [3.8, 4) is 0 Å². The summed E-state index contributed by atoms with van der Waals surface area (Å²) in [5.74, 6) is -1.03. The molecule has 1 heterocycles. The van der Waals surface area contributed by atoms with Crippen molar-refractivity contribution in [2.75, 3.05) is 11.9 Å². The minimum Gasteiger partial charge on any atom is -0.478 e. The van der Waals surface area contributed by atoms with E-state index in [2.05, 4.69) is 10.3 Å². The summed E-state index contributed by atoms with van der Waals surface area (Å²) in [6.07, 6.45) is 5.50. The summed E-state index contributed by atoms with van der Waals surface area (Å²) in [6, 6.07) is 1.40. The predicted octanol–water partition coefficient (Wildman–Crippen LogP) is 1.09. The summed E-state index contributed by atoms with van der Waals surface area (Å²) in [6.45, 7) is 0.505. The van der Waals surface area contributed by atoms with Crippen molar-refractivity contribution in [3.05, 3.63) is 24.0 Å². The quantitative estimate of drug-likeness (QED) is 0.754. The molecule has 1 aromatic heterocycles. The maximum Gasteiger partial charge on any atom is 0.337 e. The van der Waals surface area contributed by atoms with Crippen molar-refractivity contribution in [2.24, 2.45) is 17.6 Å². The number of aromatic nitrogens is 1. The molecule has 0 spiro atoms. The van der Waals surface area contributed by atoms with Crippen LogP contribution in [0.4, 0.5) is 5.69 Å².